The van der Waals surface area contributed by atoms with Crippen molar-refractivity contribution in [2.45, 2.75) is 13.5 Å². The molecular formula is C19H16N2. The van der Waals surface area contributed by atoms with Gasteiger partial charge in [-0.1, -0.05) is 42.5 Å². The fourth-order valence-corrected chi connectivity index (χ4v) is 3.02. The van der Waals surface area contributed by atoms with Crippen molar-refractivity contribution in [1.29, 1.82) is 0 Å². The number of nitrogens with zero attached hydrogens (tertiary/aromatic N) is 2. The van der Waals surface area contributed by atoms with Crippen molar-refractivity contribution in [3.05, 3.63) is 78.1 Å². The largest absolute Gasteiger partial charge is 0.340 e. The monoisotopic (exact) mass is 272 g/mol. The second kappa shape index (κ2) is 4.74. The molecule has 4 aromatic rings. The van der Waals surface area contributed by atoms with Gasteiger partial charge in [0.05, 0.1) is 5.52 Å². The summed E-state index contributed by atoms with van der Waals surface area (Å²) < 4.78 is 2.36. The third kappa shape index (κ3) is 2.00. The Morgan fingerprint density at radius 3 is 2.67 bits per heavy atom. The van der Waals surface area contributed by atoms with Crippen molar-refractivity contribution in [2.24, 2.45) is 0 Å². The average molecular weight is 272 g/mol. The first kappa shape index (κ1) is 12.2. The molecule has 2 heterocycles. The Morgan fingerprint density at radius 1 is 0.905 bits per heavy atom. The molecule has 0 amide bonds. The summed E-state index contributed by atoms with van der Waals surface area (Å²) in [6.07, 6.45) is 1.87. The molecule has 0 fully saturated rings. The van der Waals surface area contributed by atoms with Gasteiger partial charge in [0, 0.05) is 29.3 Å². The molecule has 4 rings (SSSR count). The molecular weight excluding hydrogens is 256 g/mol. The molecule has 2 aromatic carbocycles. The number of benzene rings is 2. The number of hydrogen-bond acceptors (Lipinski definition) is 1. The van der Waals surface area contributed by atoms with Crippen molar-refractivity contribution in [3.63, 3.8) is 0 Å². The maximum absolute atomic E-state index is 4.56. The Bertz CT molecular complexity index is 929. The molecule has 0 saturated heterocycles. The van der Waals surface area contributed by atoms with Crippen LogP contribution in [0.5, 0.6) is 0 Å². The fourth-order valence-electron chi connectivity index (χ4n) is 3.02. The highest BCUT2D eigenvalue weighted by atomic mass is 15.0. The summed E-state index contributed by atoms with van der Waals surface area (Å²) in [7, 11) is 0. The minimum absolute atomic E-state index is 0.855. The molecule has 0 unspecified atom stereocenters. The minimum Gasteiger partial charge on any atom is -0.340 e. The topological polar surface area (TPSA) is 17.8 Å². The normalized spacial score (nSPS) is 11.3. The maximum Gasteiger partial charge on any atom is 0.0751 e. The van der Waals surface area contributed by atoms with Gasteiger partial charge in [0.25, 0.3) is 0 Å². The van der Waals surface area contributed by atoms with Crippen LogP contribution < -0.4 is 0 Å². The second-order valence-electron chi connectivity index (χ2n) is 5.42. The van der Waals surface area contributed by atoms with Gasteiger partial charge in [0.1, 0.15) is 0 Å². The van der Waals surface area contributed by atoms with Crippen LogP contribution in [0.25, 0.3) is 21.8 Å². The predicted molar refractivity (Wildman–Crippen MR) is 87.5 cm³/mol. The highest BCUT2D eigenvalue weighted by Crippen LogP contribution is 2.23. The average Bonchev–Trinajstić information content (AvgIpc) is 2.84. The van der Waals surface area contributed by atoms with Gasteiger partial charge in [-0.15, -0.1) is 0 Å². The molecule has 0 radical (unpaired) electrons. The van der Waals surface area contributed by atoms with Crippen LogP contribution in [0.15, 0.2) is 66.9 Å². The zero-order chi connectivity index (χ0) is 14.2. The Labute approximate surface area is 123 Å². The van der Waals surface area contributed by atoms with E-state index in [0.717, 1.165) is 12.1 Å². The van der Waals surface area contributed by atoms with Gasteiger partial charge in [-0.05, 0) is 36.1 Å². The fraction of sp³-hybridized carbons (Fsp3) is 0.105. The highest BCUT2D eigenvalue weighted by Gasteiger charge is 2.08. The lowest BCUT2D eigenvalue weighted by Gasteiger charge is -2.10. The standard InChI is InChI=1S/C19H16N2/c1-14-12-16-6-2-3-10-18(16)21(14)13-17-8-4-7-15-9-5-11-20-19(15)17/h2-12H,13H2,1H3. The van der Waals surface area contributed by atoms with Crippen molar-refractivity contribution in [3.8, 4) is 0 Å². The number of hydrogen-bond donors (Lipinski definition) is 0. The molecule has 0 saturated carbocycles. The van der Waals surface area contributed by atoms with Crippen molar-refractivity contribution in [1.82, 2.24) is 9.55 Å². The number of para-hydroxylation sites is 2. The van der Waals surface area contributed by atoms with Crippen LogP contribution in [0, 0.1) is 6.92 Å². The van der Waals surface area contributed by atoms with Gasteiger partial charge in [0.2, 0.25) is 0 Å². The van der Waals surface area contributed by atoms with Gasteiger partial charge in [0.15, 0.2) is 0 Å². The van der Waals surface area contributed by atoms with Crippen LogP contribution in [0.2, 0.25) is 0 Å². The smallest absolute Gasteiger partial charge is 0.0751 e. The molecule has 21 heavy (non-hydrogen) atoms. The molecule has 0 aliphatic rings. The summed E-state index contributed by atoms with van der Waals surface area (Å²) in [5.41, 5.74) is 4.92. The van der Waals surface area contributed by atoms with Crippen molar-refractivity contribution < 1.29 is 0 Å². The first-order valence-corrected chi connectivity index (χ1v) is 7.20. The van der Waals surface area contributed by atoms with Gasteiger partial charge in [-0.2, -0.15) is 0 Å². The summed E-state index contributed by atoms with van der Waals surface area (Å²) in [5, 5.41) is 2.49. The summed E-state index contributed by atoms with van der Waals surface area (Å²) in [6, 6.07) is 21.3. The summed E-state index contributed by atoms with van der Waals surface area (Å²) in [4.78, 5) is 4.56. The highest BCUT2D eigenvalue weighted by molar-refractivity contribution is 5.83. The molecule has 2 heteroatoms. The molecule has 0 aliphatic heterocycles. The summed E-state index contributed by atoms with van der Waals surface area (Å²) >= 11 is 0. The quantitative estimate of drug-likeness (QED) is 0.523. The third-order valence-corrected chi connectivity index (χ3v) is 4.06. The number of aromatic nitrogens is 2. The zero-order valence-electron chi connectivity index (χ0n) is 12.0. The van der Waals surface area contributed by atoms with Gasteiger partial charge < -0.3 is 4.57 Å². The van der Waals surface area contributed by atoms with Crippen LogP contribution in [0.1, 0.15) is 11.3 Å². The second-order valence-corrected chi connectivity index (χ2v) is 5.42. The minimum atomic E-state index is 0.855. The van der Waals surface area contributed by atoms with E-state index in [1.165, 1.54) is 27.5 Å². The third-order valence-electron chi connectivity index (χ3n) is 4.06. The summed E-state index contributed by atoms with van der Waals surface area (Å²) in [5.74, 6) is 0. The lowest BCUT2D eigenvalue weighted by atomic mass is 10.1. The number of aryl methyl sites for hydroxylation is 1. The van der Waals surface area contributed by atoms with E-state index in [4.69, 9.17) is 0 Å². The molecule has 2 aromatic heterocycles. The van der Waals surface area contributed by atoms with Crippen LogP contribution in [0.3, 0.4) is 0 Å². The Kier molecular flexibility index (Phi) is 2.74. The molecule has 0 spiro atoms. The molecule has 102 valence electrons. The summed E-state index contributed by atoms with van der Waals surface area (Å²) in [6.45, 7) is 3.02. The van der Waals surface area contributed by atoms with E-state index in [0.29, 0.717) is 0 Å². The molecule has 0 aliphatic carbocycles. The van der Waals surface area contributed by atoms with Gasteiger partial charge >= 0.3 is 0 Å². The van der Waals surface area contributed by atoms with Crippen LogP contribution >= 0.6 is 0 Å². The zero-order valence-corrected chi connectivity index (χ0v) is 12.0. The number of rotatable bonds is 2. The first-order chi connectivity index (χ1) is 10.3. The van der Waals surface area contributed by atoms with E-state index < -0.39 is 0 Å². The van der Waals surface area contributed by atoms with E-state index in [-0.39, 0.29) is 0 Å². The molecule has 0 N–H and O–H groups in total. The first-order valence-electron chi connectivity index (χ1n) is 7.20. The van der Waals surface area contributed by atoms with E-state index in [1.54, 1.807) is 0 Å². The van der Waals surface area contributed by atoms with Gasteiger partial charge in [-0.3, -0.25) is 4.98 Å². The van der Waals surface area contributed by atoms with Crippen LogP contribution in [0.4, 0.5) is 0 Å². The Balaban J connectivity index is 1.89. The van der Waals surface area contributed by atoms with E-state index >= 15 is 0 Å². The van der Waals surface area contributed by atoms with Crippen LogP contribution in [-0.2, 0) is 6.54 Å². The SMILES string of the molecule is Cc1cc2ccccc2n1Cc1cccc2cccnc12. The maximum atomic E-state index is 4.56. The van der Waals surface area contributed by atoms with E-state index in [9.17, 15) is 0 Å². The predicted octanol–water partition coefficient (Wildman–Crippen LogP) is 4.55. The lowest BCUT2D eigenvalue weighted by molar-refractivity contribution is 0.808. The molecule has 2 nitrogen and oxygen atoms in total. The van der Waals surface area contributed by atoms with E-state index in [2.05, 4.69) is 71.1 Å². The molecule has 0 bridgehead atoms. The van der Waals surface area contributed by atoms with Crippen LogP contribution in [-0.4, -0.2) is 9.55 Å². The molecule has 0 atom stereocenters. The Morgan fingerprint density at radius 2 is 1.71 bits per heavy atom. The number of fused-ring (bicyclic) bond motifs is 2. The lowest BCUT2D eigenvalue weighted by Crippen LogP contribution is -2.02. The Hall–Kier alpha value is -2.61. The number of pyridine rings is 1. The van der Waals surface area contributed by atoms with Gasteiger partial charge in [-0.25, -0.2) is 0 Å². The van der Waals surface area contributed by atoms with Crippen molar-refractivity contribution in [2.75, 3.05) is 0 Å². The van der Waals surface area contributed by atoms with E-state index in [1.807, 2.05) is 12.3 Å². The van der Waals surface area contributed by atoms with Crippen molar-refractivity contribution >= 4 is 21.8 Å².